The van der Waals surface area contributed by atoms with Crippen molar-refractivity contribution >= 4 is 11.6 Å². The minimum atomic E-state index is -0.173. The molecular weight excluding hydrogens is 238 g/mol. The van der Waals surface area contributed by atoms with Crippen LogP contribution in [0.15, 0.2) is 42.6 Å². The molecule has 1 heterocycles. The summed E-state index contributed by atoms with van der Waals surface area (Å²) in [6.07, 6.45) is 2.30. The third-order valence-corrected chi connectivity index (χ3v) is 2.96. The molecule has 4 nitrogen and oxygen atoms in total. The van der Waals surface area contributed by atoms with Crippen LogP contribution in [0.2, 0.25) is 0 Å². The fourth-order valence-corrected chi connectivity index (χ4v) is 1.83. The predicted octanol–water partition coefficient (Wildman–Crippen LogP) is 1.94. The summed E-state index contributed by atoms with van der Waals surface area (Å²) in [5.41, 5.74) is 8.95. The van der Waals surface area contributed by atoms with Crippen molar-refractivity contribution in [1.82, 2.24) is 10.3 Å². The van der Waals surface area contributed by atoms with Crippen molar-refractivity contribution < 1.29 is 4.79 Å². The summed E-state index contributed by atoms with van der Waals surface area (Å²) in [6, 6.07) is 11.4. The number of rotatable bonds is 4. The third kappa shape index (κ3) is 3.55. The average Bonchev–Trinajstić information content (AvgIpc) is 2.41. The van der Waals surface area contributed by atoms with Crippen LogP contribution in [0.1, 0.15) is 21.6 Å². The lowest BCUT2D eigenvalue weighted by molar-refractivity contribution is 0.0949. The summed E-state index contributed by atoms with van der Waals surface area (Å²) in [4.78, 5) is 15.8. The quantitative estimate of drug-likeness (QED) is 0.877. The number of carbonyl (C=O) groups excluding carboxylic acids is 1. The van der Waals surface area contributed by atoms with E-state index in [1.165, 1.54) is 17.3 Å². The van der Waals surface area contributed by atoms with Crippen molar-refractivity contribution in [2.45, 2.75) is 13.3 Å². The van der Waals surface area contributed by atoms with Crippen LogP contribution in [-0.2, 0) is 6.42 Å². The van der Waals surface area contributed by atoms with Gasteiger partial charge in [0.2, 0.25) is 0 Å². The van der Waals surface area contributed by atoms with Crippen LogP contribution in [0.4, 0.5) is 5.69 Å². The number of hydrogen-bond donors (Lipinski definition) is 2. The fraction of sp³-hybridized carbons (Fsp3) is 0.200. The second-order valence-electron chi connectivity index (χ2n) is 4.41. The molecule has 19 heavy (non-hydrogen) atoms. The van der Waals surface area contributed by atoms with Gasteiger partial charge in [-0.05, 0) is 36.6 Å². The van der Waals surface area contributed by atoms with E-state index in [2.05, 4.69) is 29.4 Å². The summed E-state index contributed by atoms with van der Waals surface area (Å²) < 4.78 is 0. The van der Waals surface area contributed by atoms with Gasteiger partial charge in [0.15, 0.2) is 0 Å². The van der Waals surface area contributed by atoms with E-state index in [0.29, 0.717) is 17.9 Å². The van der Waals surface area contributed by atoms with Crippen molar-refractivity contribution in [3.05, 3.63) is 59.4 Å². The van der Waals surface area contributed by atoms with Gasteiger partial charge < -0.3 is 11.1 Å². The number of nitrogens with one attached hydrogen (secondary N) is 1. The monoisotopic (exact) mass is 255 g/mol. The molecule has 0 bridgehead atoms. The Balaban J connectivity index is 1.88. The first-order chi connectivity index (χ1) is 9.16. The Morgan fingerprint density at radius 3 is 2.74 bits per heavy atom. The topological polar surface area (TPSA) is 68.0 Å². The molecule has 0 spiro atoms. The smallest absolute Gasteiger partial charge is 0.269 e. The Bertz CT molecular complexity index is 564. The zero-order valence-corrected chi connectivity index (χ0v) is 10.9. The Hall–Kier alpha value is -2.36. The van der Waals surface area contributed by atoms with Gasteiger partial charge in [-0.15, -0.1) is 0 Å². The van der Waals surface area contributed by atoms with Crippen molar-refractivity contribution in [2.24, 2.45) is 0 Å². The van der Waals surface area contributed by atoms with E-state index in [1.54, 1.807) is 12.1 Å². The first kappa shape index (κ1) is 13.1. The molecule has 0 fully saturated rings. The van der Waals surface area contributed by atoms with Crippen molar-refractivity contribution in [2.75, 3.05) is 12.3 Å². The van der Waals surface area contributed by atoms with Gasteiger partial charge in [-0.1, -0.05) is 24.3 Å². The first-order valence-electron chi connectivity index (χ1n) is 6.21. The van der Waals surface area contributed by atoms with Crippen LogP contribution < -0.4 is 11.1 Å². The molecule has 1 aromatic heterocycles. The summed E-state index contributed by atoms with van der Waals surface area (Å²) in [7, 11) is 0. The number of benzene rings is 1. The van der Waals surface area contributed by atoms with Gasteiger partial charge in [0.25, 0.3) is 5.91 Å². The van der Waals surface area contributed by atoms with Gasteiger partial charge in [0, 0.05) is 6.54 Å². The maximum Gasteiger partial charge on any atom is 0.269 e. The molecule has 3 N–H and O–H groups in total. The highest BCUT2D eigenvalue weighted by molar-refractivity contribution is 5.92. The van der Waals surface area contributed by atoms with E-state index in [1.807, 2.05) is 12.1 Å². The Labute approximate surface area is 112 Å². The Kier molecular flexibility index (Phi) is 4.13. The van der Waals surface area contributed by atoms with Crippen LogP contribution in [0.3, 0.4) is 0 Å². The minimum Gasteiger partial charge on any atom is -0.397 e. The minimum absolute atomic E-state index is 0.173. The first-order valence-corrected chi connectivity index (χ1v) is 6.21. The number of anilines is 1. The standard InChI is InChI=1S/C15H17N3O/c1-11-4-2-3-5-12(11)8-9-17-15(19)14-7-6-13(16)10-18-14/h2-7,10H,8-9,16H2,1H3,(H,17,19). The van der Waals surface area contributed by atoms with E-state index in [4.69, 9.17) is 5.73 Å². The fourth-order valence-electron chi connectivity index (χ4n) is 1.83. The van der Waals surface area contributed by atoms with Crippen molar-refractivity contribution in [1.29, 1.82) is 0 Å². The van der Waals surface area contributed by atoms with E-state index < -0.39 is 0 Å². The number of carbonyl (C=O) groups is 1. The normalized spacial score (nSPS) is 10.2. The lowest BCUT2D eigenvalue weighted by Gasteiger charge is -2.07. The highest BCUT2D eigenvalue weighted by Crippen LogP contribution is 2.07. The lowest BCUT2D eigenvalue weighted by atomic mass is 10.1. The number of nitrogen functional groups attached to an aromatic ring is 1. The van der Waals surface area contributed by atoms with Crippen LogP contribution in [0.5, 0.6) is 0 Å². The summed E-state index contributed by atoms with van der Waals surface area (Å²) in [5.74, 6) is -0.173. The van der Waals surface area contributed by atoms with E-state index >= 15 is 0 Å². The molecule has 0 aliphatic carbocycles. The molecule has 0 aliphatic rings. The van der Waals surface area contributed by atoms with Crippen LogP contribution >= 0.6 is 0 Å². The molecule has 0 saturated carbocycles. The van der Waals surface area contributed by atoms with Gasteiger partial charge in [0.1, 0.15) is 5.69 Å². The largest absolute Gasteiger partial charge is 0.397 e. The van der Waals surface area contributed by atoms with Crippen LogP contribution in [0, 0.1) is 6.92 Å². The van der Waals surface area contributed by atoms with Crippen molar-refractivity contribution in [3.8, 4) is 0 Å². The number of aromatic nitrogens is 1. The summed E-state index contributed by atoms with van der Waals surface area (Å²) in [5, 5.41) is 2.85. The van der Waals surface area contributed by atoms with E-state index in [0.717, 1.165) is 6.42 Å². The van der Waals surface area contributed by atoms with Gasteiger partial charge >= 0.3 is 0 Å². The second-order valence-corrected chi connectivity index (χ2v) is 4.41. The molecular formula is C15H17N3O. The van der Waals surface area contributed by atoms with Crippen LogP contribution in [-0.4, -0.2) is 17.4 Å². The van der Waals surface area contributed by atoms with Gasteiger partial charge in [0.05, 0.1) is 11.9 Å². The SMILES string of the molecule is Cc1ccccc1CCNC(=O)c1ccc(N)cn1. The molecule has 0 aliphatic heterocycles. The lowest BCUT2D eigenvalue weighted by Crippen LogP contribution is -2.26. The summed E-state index contributed by atoms with van der Waals surface area (Å²) in [6.45, 7) is 2.66. The second kappa shape index (κ2) is 6.00. The highest BCUT2D eigenvalue weighted by Gasteiger charge is 2.06. The van der Waals surface area contributed by atoms with Gasteiger partial charge in [-0.2, -0.15) is 0 Å². The maximum absolute atomic E-state index is 11.8. The maximum atomic E-state index is 11.8. The molecule has 4 heteroatoms. The number of nitrogens with two attached hydrogens (primary N) is 1. The number of nitrogens with zero attached hydrogens (tertiary/aromatic N) is 1. The predicted molar refractivity (Wildman–Crippen MR) is 75.9 cm³/mol. The Morgan fingerprint density at radius 1 is 1.26 bits per heavy atom. The van der Waals surface area contributed by atoms with Crippen molar-refractivity contribution in [3.63, 3.8) is 0 Å². The summed E-state index contributed by atoms with van der Waals surface area (Å²) >= 11 is 0. The zero-order chi connectivity index (χ0) is 13.7. The molecule has 2 aromatic rings. The molecule has 2 rings (SSSR count). The number of pyridine rings is 1. The van der Waals surface area contributed by atoms with Crippen LogP contribution in [0.25, 0.3) is 0 Å². The third-order valence-electron chi connectivity index (χ3n) is 2.96. The van der Waals surface area contributed by atoms with Gasteiger partial charge in [-0.25, -0.2) is 4.98 Å². The number of amides is 1. The van der Waals surface area contributed by atoms with E-state index in [9.17, 15) is 4.79 Å². The molecule has 0 saturated heterocycles. The van der Waals surface area contributed by atoms with E-state index in [-0.39, 0.29) is 5.91 Å². The molecule has 0 unspecified atom stereocenters. The average molecular weight is 255 g/mol. The molecule has 0 radical (unpaired) electrons. The highest BCUT2D eigenvalue weighted by atomic mass is 16.1. The molecule has 1 aromatic carbocycles. The molecule has 0 atom stereocenters. The number of hydrogen-bond acceptors (Lipinski definition) is 3. The molecule has 98 valence electrons. The molecule has 1 amide bonds. The van der Waals surface area contributed by atoms with Gasteiger partial charge in [-0.3, -0.25) is 4.79 Å². The zero-order valence-electron chi connectivity index (χ0n) is 10.9. The number of aryl methyl sites for hydroxylation is 1. The Morgan fingerprint density at radius 2 is 2.05 bits per heavy atom.